The van der Waals surface area contributed by atoms with Gasteiger partial charge in [0.15, 0.2) is 0 Å². The van der Waals surface area contributed by atoms with E-state index in [0.29, 0.717) is 17.5 Å². The van der Waals surface area contributed by atoms with Crippen LogP contribution in [0, 0.1) is 0 Å². The summed E-state index contributed by atoms with van der Waals surface area (Å²) in [5.41, 5.74) is 3.02. The number of nitrogens with one attached hydrogen (secondary N) is 1. The minimum Gasteiger partial charge on any atom is -0.416 e. The van der Waals surface area contributed by atoms with Gasteiger partial charge in [-0.05, 0) is 24.2 Å². The standard InChI is InChI=1S/C23H27N5O2S/c1-2-27-12-14-28(15-13-27)20-11-7-6-10-19(20)24-21(29)17-31-23-26-25-22(30-23)16-18-8-4-3-5-9-18/h3-11H,2,12-17H2,1H3,(H,24,29). The average molecular weight is 438 g/mol. The third-order valence-electron chi connectivity index (χ3n) is 5.31. The van der Waals surface area contributed by atoms with Crippen LogP contribution in [0.25, 0.3) is 0 Å². The van der Waals surface area contributed by atoms with Gasteiger partial charge in [0.2, 0.25) is 11.8 Å². The lowest BCUT2D eigenvalue weighted by Crippen LogP contribution is -2.46. The number of aromatic nitrogens is 2. The van der Waals surface area contributed by atoms with Crippen LogP contribution in [0.4, 0.5) is 11.4 Å². The molecule has 1 N–H and O–H groups in total. The lowest BCUT2D eigenvalue weighted by molar-refractivity contribution is -0.113. The van der Waals surface area contributed by atoms with Crippen molar-refractivity contribution in [1.29, 1.82) is 0 Å². The summed E-state index contributed by atoms with van der Waals surface area (Å²) in [6.07, 6.45) is 0.583. The van der Waals surface area contributed by atoms with Crippen molar-refractivity contribution in [3.05, 3.63) is 66.1 Å². The number of benzene rings is 2. The molecular formula is C23H27N5O2S. The van der Waals surface area contributed by atoms with Crippen molar-refractivity contribution in [2.45, 2.75) is 18.6 Å². The Morgan fingerprint density at radius 1 is 1.03 bits per heavy atom. The summed E-state index contributed by atoms with van der Waals surface area (Å²) in [6.45, 7) is 7.26. The summed E-state index contributed by atoms with van der Waals surface area (Å²) >= 11 is 1.25. The van der Waals surface area contributed by atoms with E-state index >= 15 is 0 Å². The number of hydrogen-bond donors (Lipinski definition) is 1. The minimum absolute atomic E-state index is 0.0903. The van der Waals surface area contributed by atoms with Crippen molar-refractivity contribution in [2.24, 2.45) is 0 Å². The molecule has 1 saturated heterocycles. The molecule has 1 aromatic heterocycles. The second-order valence-corrected chi connectivity index (χ2v) is 8.33. The fourth-order valence-electron chi connectivity index (χ4n) is 3.61. The molecular weight excluding hydrogens is 410 g/mol. The number of para-hydroxylation sites is 2. The van der Waals surface area contributed by atoms with Gasteiger partial charge in [-0.25, -0.2) is 0 Å². The Labute approximate surface area is 186 Å². The van der Waals surface area contributed by atoms with Crippen LogP contribution in [0.15, 0.2) is 64.2 Å². The molecule has 0 saturated carbocycles. The van der Waals surface area contributed by atoms with Gasteiger partial charge in [0.1, 0.15) is 0 Å². The van der Waals surface area contributed by atoms with Crippen LogP contribution in [0.1, 0.15) is 18.4 Å². The third-order valence-corrected chi connectivity index (χ3v) is 6.13. The number of rotatable bonds is 8. The van der Waals surface area contributed by atoms with E-state index in [1.54, 1.807) is 0 Å². The number of carbonyl (C=O) groups excluding carboxylic acids is 1. The van der Waals surface area contributed by atoms with Gasteiger partial charge in [0.25, 0.3) is 5.22 Å². The average Bonchev–Trinajstić information content (AvgIpc) is 3.26. The number of likely N-dealkylation sites (N-methyl/N-ethyl adjacent to an activating group) is 1. The molecule has 0 aliphatic carbocycles. The van der Waals surface area contributed by atoms with Gasteiger partial charge in [-0.1, -0.05) is 61.2 Å². The summed E-state index contributed by atoms with van der Waals surface area (Å²) in [7, 11) is 0. The van der Waals surface area contributed by atoms with Crippen molar-refractivity contribution >= 4 is 29.0 Å². The molecule has 2 heterocycles. The maximum Gasteiger partial charge on any atom is 0.277 e. The molecule has 8 heteroatoms. The first-order chi connectivity index (χ1) is 15.2. The first-order valence-electron chi connectivity index (χ1n) is 10.6. The number of amides is 1. The molecule has 0 spiro atoms. The number of carbonyl (C=O) groups is 1. The van der Waals surface area contributed by atoms with Crippen molar-refractivity contribution < 1.29 is 9.21 Å². The first kappa shape index (κ1) is 21.4. The number of hydrogen-bond acceptors (Lipinski definition) is 7. The predicted octanol–water partition coefficient (Wildman–Crippen LogP) is 3.53. The van der Waals surface area contributed by atoms with Crippen molar-refractivity contribution in [3.63, 3.8) is 0 Å². The van der Waals surface area contributed by atoms with Crippen LogP contribution in [0.5, 0.6) is 0 Å². The van der Waals surface area contributed by atoms with Gasteiger partial charge < -0.3 is 19.5 Å². The Kier molecular flexibility index (Phi) is 7.22. The molecule has 7 nitrogen and oxygen atoms in total. The van der Waals surface area contributed by atoms with Crippen LogP contribution in [-0.4, -0.2) is 59.5 Å². The zero-order valence-electron chi connectivity index (χ0n) is 17.7. The molecule has 162 valence electrons. The van der Waals surface area contributed by atoms with Gasteiger partial charge in [0.05, 0.1) is 23.5 Å². The van der Waals surface area contributed by atoms with Gasteiger partial charge in [0, 0.05) is 26.2 Å². The summed E-state index contributed by atoms with van der Waals surface area (Å²) in [6, 6.07) is 17.9. The van der Waals surface area contributed by atoms with E-state index in [-0.39, 0.29) is 11.7 Å². The van der Waals surface area contributed by atoms with E-state index in [9.17, 15) is 4.79 Å². The highest BCUT2D eigenvalue weighted by molar-refractivity contribution is 7.99. The Balaban J connectivity index is 1.31. The third kappa shape index (κ3) is 5.86. The van der Waals surface area contributed by atoms with E-state index in [1.807, 2.05) is 48.5 Å². The van der Waals surface area contributed by atoms with Crippen molar-refractivity contribution in [1.82, 2.24) is 15.1 Å². The van der Waals surface area contributed by atoms with Gasteiger partial charge in [-0.15, -0.1) is 10.2 Å². The second kappa shape index (κ2) is 10.5. The molecule has 0 radical (unpaired) electrons. The number of nitrogens with zero attached hydrogens (tertiary/aromatic N) is 4. The summed E-state index contributed by atoms with van der Waals surface area (Å²) in [5.74, 6) is 0.670. The number of anilines is 2. The van der Waals surface area contributed by atoms with Crippen LogP contribution in [-0.2, 0) is 11.2 Å². The lowest BCUT2D eigenvalue weighted by atomic mass is 10.2. The van der Waals surface area contributed by atoms with Gasteiger partial charge >= 0.3 is 0 Å². The van der Waals surface area contributed by atoms with E-state index in [2.05, 4.69) is 38.3 Å². The largest absolute Gasteiger partial charge is 0.416 e. The molecule has 3 aromatic rings. The van der Waals surface area contributed by atoms with E-state index in [0.717, 1.165) is 49.7 Å². The van der Waals surface area contributed by atoms with Crippen molar-refractivity contribution in [2.75, 3.05) is 48.7 Å². The highest BCUT2D eigenvalue weighted by Gasteiger charge is 2.19. The molecule has 0 unspecified atom stereocenters. The highest BCUT2D eigenvalue weighted by Crippen LogP contribution is 2.27. The SMILES string of the molecule is CCN1CCN(c2ccccc2NC(=O)CSc2nnc(Cc3ccccc3)o2)CC1. The zero-order chi connectivity index (χ0) is 21.5. The summed E-state index contributed by atoms with van der Waals surface area (Å²) in [4.78, 5) is 17.3. The van der Waals surface area contributed by atoms with Gasteiger partial charge in [-0.2, -0.15) is 0 Å². The Bertz CT molecular complexity index is 986. The maximum atomic E-state index is 12.6. The van der Waals surface area contributed by atoms with Crippen LogP contribution < -0.4 is 10.2 Å². The molecule has 0 atom stereocenters. The quantitative estimate of drug-likeness (QED) is 0.540. The number of thioether (sulfide) groups is 1. The topological polar surface area (TPSA) is 74.5 Å². The molecule has 2 aromatic carbocycles. The van der Waals surface area contributed by atoms with E-state index < -0.39 is 0 Å². The maximum absolute atomic E-state index is 12.6. The Morgan fingerprint density at radius 2 is 1.77 bits per heavy atom. The minimum atomic E-state index is -0.0903. The smallest absolute Gasteiger partial charge is 0.277 e. The zero-order valence-corrected chi connectivity index (χ0v) is 18.5. The molecule has 1 fully saturated rings. The van der Waals surface area contributed by atoms with Crippen LogP contribution in [0.2, 0.25) is 0 Å². The second-order valence-electron chi connectivity index (χ2n) is 7.40. The molecule has 31 heavy (non-hydrogen) atoms. The summed E-state index contributed by atoms with van der Waals surface area (Å²) in [5, 5.41) is 11.6. The van der Waals surface area contributed by atoms with Crippen LogP contribution >= 0.6 is 11.8 Å². The predicted molar refractivity (Wildman–Crippen MR) is 124 cm³/mol. The lowest BCUT2D eigenvalue weighted by Gasteiger charge is -2.36. The molecule has 1 amide bonds. The first-order valence-corrected chi connectivity index (χ1v) is 11.5. The fraction of sp³-hybridized carbons (Fsp3) is 0.348. The molecule has 1 aliphatic rings. The monoisotopic (exact) mass is 437 g/mol. The van der Waals surface area contributed by atoms with Gasteiger partial charge in [-0.3, -0.25) is 4.79 Å². The Hall–Kier alpha value is -2.84. The van der Waals surface area contributed by atoms with Crippen LogP contribution in [0.3, 0.4) is 0 Å². The highest BCUT2D eigenvalue weighted by atomic mass is 32.2. The van der Waals surface area contributed by atoms with E-state index in [1.165, 1.54) is 11.8 Å². The molecule has 4 rings (SSSR count). The Morgan fingerprint density at radius 3 is 2.55 bits per heavy atom. The molecule has 0 bridgehead atoms. The fourth-order valence-corrected chi connectivity index (χ4v) is 4.19. The number of piperazine rings is 1. The van der Waals surface area contributed by atoms with E-state index in [4.69, 9.17) is 4.42 Å². The normalized spacial score (nSPS) is 14.5. The summed E-state index contributed by atoms with van der Waals surface area (Å²) < 4.78 is 5.68. The molecule has 1 aliphatic heterocycles. The van der Waals surface area contributed by atoms with Crippen molar-refractivity contribution in [3.8, 4) is 0 Å².